The van der Waals surface area contributed by atoms with Gasteiger partial charge in [-0.15, -0.1) is 0 Å². The predicted molar refractivity (Wildman–Crippen MR) is 69.4 cm³/mol. The molecule has 1 N–H and O–H groups in total. The summed E-state index contributed by atoms with van der Waals surface area (Å²) in [6, 6.07) is 6.88. The number of nitrogens with one attached hydrogen (secondary N) is 1. The molecule has 1 amide bonds. The van der Waals surface area contributed by atoms with Crippen LogP contribution in [0.5, 0.6) is 0 Å². The first-order valence-corrected chi connectivity index (χ1v) is 5.87. The van der Waals surface area contributed by atoms with Crippen LogP contribution < -0.4 is 5.32 Å². The van der Waals surface area contributed by atoms with E-state index >= 15 is 0 Å². The van der Waals surface area contributed by atoms with Gasteiger partial charge in [0.25, 0.3) is 5.91 Å². The second-order valence-corrected chi connectivity index (χ2v) is 4.23. The van der Waals surface area contributed by atoms with E-state index in [-0.39, 0.29) is 11.9 Å². The van der Waals surface area contributed by atoms with Crippen LogP contribution in [0.1, 0.15) is 28.9 Å². The Labute approximate surface area is 110 Å². The van der Waals surface area contributed by atoms with Gasteiger partial charge in [0.05, 0.1) is 11.6 Å². The minimum absolute atomic E-state index is 0.0869. The van der Waals surface area contributed by atoms with Crippen molar-refractivity contribution in [3.05, 3.63) is 59.1 Å². The lowest BCUT2D eigenvalue weighted by atomic mass is 10.1. The molecule has 0 bridgehead atoms. The molecule has 92 valence electrons. The quantitative estimate of drug-likeness (QED) is 0.864. The number of pyridine rings is 2. The van der Waals surface area contributed by atoms with Crippen LogP contribution in [0.2, 0.25) is 5.15 Å². The van der Waals surface area contributed by atoms with Gasteiger partial charge in [-0.2, -0.15) is 0 Å². The number of carbonyl (C=O) groups is 1. The molecule has 1 atom stereocenters. The molecule has 2 aromatic heterocycles. The van der Waals surface area contributed by atoms with Gasteiger partial charge in [0, 0.05) is 18.6 Å². The normalized spacial score (nSPS) is 11.9. The highest BCUT2D eigenvalue weighted by atomic mass is 35.5. The van der Waals surface area contributed by atoms with Gasteiger partial charge in [-0.25, -0.2) is 4.98 Å². The second-order valence-electron chi connectivity index (χ2n) is 3.85. The Kier molecular flexibility index (Phi) is 3.89. The summed E-state index contributed by atoms with van der Waals surface area (Å²) in [5.74, 6) is -0.177. The maximum atomic E-state index is 11.9. The van der Waals surface area contributed by atoms with Crippen molar-refractivity contribution in [2.75, 3.05) is 0 Å². The van der Waals surface area contributed by atoms with Gasteiger partial charge in [-0.3, -0.25) is 9.78 Å². The van der Waals surface area contributed by atoms with Crippen LogP contribution in [0, 0.1) is 0 Å². The minimum atomic E-state index is -0.177. The van der Waals surface area contributed by atoms with Crippen LogP contribution >= 0.6 is 11.6 Å². The van der Waals surface area contributed by atoms with E-state index in [2.05, 4.69) is 15.3 Å². The van der Waals surface area contributed by atoms with E-state index in [4.69, 9.17) is 11.6 Å². The van der Waals surface area contributed by atoms with E-state index in [1.54, 1.807) is 24.5 Å². The summed E-state index contributed by atoms with van der Waals surface area (Å²) < 4.78 is 0. The fourth-order valence-electron chi connectivity index (χ4n) is 1.53. The number of hydrogen-bond donors (Lipinski definition) is 1. The van der Waals surface area contributed by atoms with Crippen LogP contribution in [0.25, 0.3) is 0 Å². The van der Waals surface area contributed by atoms with Gasteiger partial charge in [0.15, 0.2) is 0 Å². The molecule has 0 aliphatic rings. The highest BCUT2D eigenvalue weighted by Crippen LogP contribution is 2.12. The van der Waals surface area contributed by atoms with Crippen LogP contribution in [0.4, 0.5) is 0 Å². The van der Waals surface area contributed by atoms with Crippen LogP contribution in [0.15, 0.2) is 42.9 Å². The van der Waals surface area contributed by atoms with Crippen molar-refractivity contribution in [2.45, 2.75) is 13.0 Å². The molecule has 2 heterocycles. The van der Waals surface area contributed by atoms with E-state index < -0.39 is 0 Å². The Hall–Kier alpha value is -1.94. The van der Waals surface area contributed by atoms with E-state index in [9.17, 15) is 4.79 Å². The standard InChI is InChI=1S/C13H12ClN3O/c1-9(10-4-6-15-7-5-10)17-13(18)11-2-3-12(14)16-8-11/h2-9H,1H3,(H,17,18)/t9-/m0/s1. The zero-order chi connectivity index (χ0) is 13.0. The first-order chi connectivity index (χ1) is 8.66. The summed E-state index contributed by atoms with van der Waals surface area (Å²) in [5, 5.41) is 3.25. The van der Waals surface area contributed by atoms with Crippen LogP contribution in [-0.2, 0) is 0 Å². The summed E-state index contributed by atoms with van der Waals surface area (Å²) >= 11 is 5.67. The fourth-order valence-corrected chi connectivity index (χ4v) is 1.64. The lowest BCUT2D eigenvalue weighted by Gasteiger charge is -2.13. The molecule has 0 fully saturated rings. The summed E-state index contributed by atoms with van der Waals surface area (Å²) in [7, 11) is 0. The average Bonchev–Trinajstić information content (AvgIpc) is 2.40. The topological polar surface area (TPSA) is 54.9 Å². The summed E-state index contributed by atoms with van der Waals surface area (Å²) in [6.45, 7) is 1.91. The smallest absolute Gasteiger partial charge is 0.253 e. The lowest BCUT2D eigenvalue weighted by Crippen LogP contribution is -2.26. The average molecular weight is 262 g/mol. The van der Waals surface area contributed by atoms with Gasteiger partial charge in [-0.05, 0) is 36.8 Å². The Balaban J connectivity index is 2.06. The zero-order valence-electron chi connectivity index (χ0n) is 9.80. The number of aromatic nitrogens is 2. The molecule has 0 aliphatic carbocycles. The second kappa shape index (κ2) is 5.60. The highest BCUT2D eigenvalue weighted by Gasteiger charge is 2.11. The Morgan fingerprint density at radius 3 is 2.61 bits per heavy atom. The largest absolute Gasteiger partial charge is 0.345 e. The Morgan fingerprint density at radius 2 is 2.00 bits per heavy atom. The third kappa shape index (κ3) is 3.05. The maximum absolute atomic E-state index is 11.9. The third-order valence-electron chi connectivity index (χ3n) is 2.54. The molecule has 0 aliphatic heterocycles. The maximum Gasteiger partial charge on any atom is 0.253 e. The number of halogens is 1. The molecule has 0 unspecified atom stereocenters. The Morgan fingerprint density at radius 1 is 1.28 bits per heavy atom. The molecule has 0 saturated heterocycles. The van der Waals surface area contributed by atoms with Crippen molar-refractivity contribution >= 4 is 17.5 Å². The van der Waals surface area contributed by atoms with Crippen LogP contribution in [-0.4, -0.2) is 15.9 Å². The van der Waals surface area contributed by atoms with E-state index in [0.29, 0.717) is 10.7 Å². The fraction of sp³-hybridized carbons (Fsp3) is 0.154. The monoisotopic (exact) mass is 261 g/mol. The molecule has 0 saturated carbocycles. The SMILES string of the molecule is C[C@H](NC(=O)c1ccc(Cl)nc1)c1ccncc1. The van der Waals surface area contributed by atoms with Crippen molar-refractivity contribution in [3.8, 4) is 0 Å². The number of carbonyl (C=O) groups excluding carboxylic acids is 1. The highest BCUT2D eigenvalue weighted by molar-refractivity contribution is 6.29. The van der Waals surface area contributed by atoms with Gasteiger partial charge >= 0.3 is 0 Å². The van der Waals surface area contributed by atoms with Gasteiger partial charge in [0.1, 0.15) is 5.15 Å². The number of amides is 1. The summed E-state index contributed by atoms with van der Waals surface area (Å²) in [5.41, 5.74) is 1.49. The number of nitrogens with zero attached hydrogens (tertiary/aromatic N) is 2. The van der Waals surface area contributed by atoms with Gasteiger partial charge in [0.2, 0.25) is 0 Å². The summed E-state index contributed by atoms with van der Waals surface area (Å²) in [4.78, 5) is 19.7. The molecule has 2 aromatic rings. The zero-order valence-corrected chi connectivity index (χ0v) is 10.6. The minimum Gasteiger partial charge on any atom is -0.345 e. The van der Waals surface area contributed by atoms with E-state index in [1.807, 2.05) is 19.1 Å². The number of hydrogen-bond acceptors (Lipinski definition) is 3. The van der Waals surface area contributed by atoms with E-state index in [0.717, 1.165) is 5.56 Å². The van der Waals surface area contributed by atoms with Crippen molar-refractivity contribution in [1.82, 2.24) is 15.3 Å². The van der Waals surface area contributed by atoms with Crippen LogP contribution in [0.3, 0.4) is 0 Å². The van der Waals surface area contributed by atoms with Crippen molar-refractivity contribution < 1.29 is 4.79 Å². The molecular formula is C13H12ClN3O. The van der Waals surface area contributed by atoms with Gasteiger partial charge in [-0.1, -0.05) is 11.6 Å². The summed E-state index contributed by atoms with van der Waals surface area (Å²) in [6.07, 6.45) is 4.85. The van der Waals surface area contributed by atoms with Crippen molar-refractivity contribution in [3.63, 3.8) is 0 Å². The molecule has 18 heavy (non-hydrogen) atoms. The molecule has 5 heteroatoms. The predicted octanol–water partition coefficient (Wildman–Crippen LogP) is 2.62. The third-order valence-corrected chi connectivity index (χ3v) is 2.77. The number of rotatable bonds is 3. The first-order valence-electron chi connectivity index (χ1n) is 5.49. The molecule has 4 nitrogen and oxygen atoms in total. The molecule has 0 radical (unpaired) electrons. The first kappa shape index (κ1) is 12.5. The molecular weight excluding hydrogens is 250 g/mol. The van der Waals surface area contributed by atoms with Crippen molar-refractivity contribution in [1.29, 1.82) is 0 Å². The van der Waals surface area contributed by atoms with E-state index in [1.165, 1.54) is 6.20 Å². The van der Waals surface area contributed by atoms with Crippen molar-refractivity contribution in [2.24, 2.45) is 0 Å². The Bertz CT molecular complexity index is 528. The molecule has 2 rings (SSSR count). The molecule has 0 spiro atoms. The molecule has 0 aromatic carbocycles. The lowest BCUT2D eigenvalue weighted by molar-refractivity contribution is 0.0939. The van der Waals surface area contributed by atoms with Gasteiger partial charge < -0.3 is 5.32 Å².